The number of methoxy groups -OCH3 is 1. The lowest BCUT2D eigenvalue weighted by atomic mass is 9.77. The summed E-state index contributed by atoms with van der Waals surface area (Å²) in [6.07, 6.45) is 4.60. The van der Waals surface area contributed by atoms with Gasteiger partial charge in [0, 0.05) is 30.8 Å². The van der Waals surface area contributed by atoms with Gasteiger partial charge in [-0.1, -0.05) is 20.8 Å². The van der Waals surface area contributed by atoms with Gasteiger partial charge >= 0.3 is 5.97 Å². The zero-order chi connectivity index (χ0) is 19.5. The maximum atomic E-state index is 12.5. The van der Waals surface area contributed by atoms with Crippen molar-refractivity contribution in [3.63, 3.8) is 0 Å². The summed E-state index contributed by atoms with van der Waals surface area (Å²) in [5.41, 5.74) is 1.27. The summed E-state index contributed by atoms with van der Waals surface area (Å²) < 4.78 is 7.79. The van der Waals surface area contributed by atoms with Crippen molar-refractivity contribution in [1.82, 2.24) is 9.58 Å². The van der Waals surface area contributed by atoms with Gasteiger partial charge in [0.05, 0.1) is 30.7 Å². The number of carboxylic acids is 1. The molecule has 3 heterocycles. The van der Waals surface area contributed by atoms with Crippen LogP contribution in [0.4, 0.5) is 0 Å². The van der Waals surface area contributed by atoms with Crippen molar-refractivity contribution in [3.05, 3.63) is 33.7 Å². The molecule has 0 amide bonds. The van der Waals surface area contributed by atoms with Gasteiger partial charge in [-0.15, -0.1) is 0 Å². The van der Waals surface area contributed by atoms with Gasteiger partial charge in [0.2, 0.25) is 0 Å². The molecular formula is C20H27N3O4. The molecule has 4 atom stereocenters. The first-order valence-electron chi connectivity index (χ1n) is 9.58. The monoisotopic (exact) mass is 373 g/mol. The fourth-order valence-corrected chi connectivity index (χ4v) is 4.90. The number of hydrogen-bond donors (Lipinski definition) is 1. The predicted octanol–water partition coefficient (Wildman–Crippen LogP) is 2.68. The van der Waals surface area contributed by atoms with E-state index >= 15 is 0 Å². The minimum atomic E-state index is -1.18. The van der Waals surface area contributed by atoms with Crippen molar-refractivity contribution in [3.8, 4) is 0 Å². The molecule has 3 aliphatic rings. The molecular weight excluding hydrogens is 346 g/mol. The van der Waals surface area contributed by atoms with E-state index in [2.05, 4.69) is 25.8 Å². The van der Waals surface area contributed by atoms with E-state index in [1.807, 2.05) is 4.57 Å². The van der Waals surface area contributed by atoms with Crippen molar-refractivity contribution in [2.45, 2.75) is 58.2 Å². The summed E-state index contributed by atoms with van der Waals surface area (Å²) in [7, 11) is 1.73. The van der Waals surface area contributed by atoms with Crippen LogP contribution in [0, 0.1) is 11.3 Å². The number of rotatable bonds is 2. The highest BCUT2D eigenvalue weighted by Crippen LogP contribution is 2.48. The van der Waals surface area contributed by atoms with Crippen LogP contribution in [0.1, 0.15) is 68.2 Å². The molecule has 7 nitrogen and oxygen atoms in total. The Bertz CT molecular complexity index is 867. The Labute approximate surface area is 158 Å². The number of nitrogens with zero attached hydrogens (tertiary/aromatic N) is 3. The lowest BCUT2D eigenvalue weighted by Crippen LogP contribution is -2.47. The molecule has 1 saturated carbocycles. The molecule has 27 heavy (non-hydrogen) atoms. The normalized spacial score (nSPS) is 29.6. The average Bonchev–Trinajstić information content (AvgIpc) is 2.98. The van der Waals surface area contributed by atoms with Gasteiger partial charge in [-0.05, 0) is 24.7 Å². The largest absolute Gasteiger partial charge is 0.477 e. The number of aromatic nitrogens is 1. The van der Waals surface area contributed by atoms with Gasteiger partial charge in [0.25, 0.3) is 0 Å². The van der Waals surface area contributed by atoms with Gasteiger partial charge in [0.1, 0.15) is 5.56 Å². The highest BCUT2D eigenvalue weighted by molar-refractivity contribution is 5.90. The zero-order valence-corrected chi connectivity index (χ0v) is 16.3. The first kappa shape index (κ1) is 18.2. The molecule has 0 radical (unpaired) electrons. The molecule has 2 aliphatic heterocycles. The van der Waals surface area contributed by atoms with Gasteiger partial charge in [0.15, 0.2) is 5.43 Å². The van der Waals surface area contributed by atoms with Crippen LogP contribution in [0.3, 0.4) is 0 Å². The second kappa shape index (κ2) is 6.19. The van der Waals surface area contributed by atoms with Gasteiger partial charge < -0.3 is 14.4 Å². The Kier molecular flexibility index (Phi) is 4.18. The maximum absolute atomic E-state index is 12.5. The van der Waals surface area contributed by atoms with Gasteiger partial charge in [-0.25, -0.2) is 4.79 Å². The number of aromatic carboxylic acids is 1. The summed E-state index contributed by atoms with van der Waals surface area (Å²) in [6, 6.07) is 1.46. The van der Waals surface area contributed by atoms with Crippen LogP contribution >= 0.6 is 0 Å². The van der Waals surface area contributed by atoms with E-state index in [0.29, 0.717) is 6.54 Å². The third kappa shape index (κ3) is 2.79. The second-order valence-electron chi connectivity index (χ2n) is 8.92. The maximum Gasteiger partial charge on any atom is 0.341 e. The zero-order valence-electron chi connectivity index (χ0n) is 16.3. The minimum Gasteiger partial charge on any atom is -0.477 e. The number of hydrazone groups is 1. The molecule has 1 fully saturated rings. The summed E-state index contributed by atoms with van der Waals surface area (Å²) in [5, 5.41) is 16.5. The molecule has 146 valence electrons. The molecule has 0 bridgehead atoms. The van der Waals surface area contributed by atoms with E-state index in [-0.39, 0.29) is 35.1 Å². The van der Waals surface area contributed by atoms with E-state index in [1.165, 1.54) is 12.3 Å². The first-order valence-corrected chi connectivity index (χ1v) is 9.58. The standard InChI is InChI=1S/C20H27N3O4/c1-20(2,3)16-10-23-18(17-12(21-23)6-5-7-15(17)27-4)13-8-14(24)11(19(25)26)9-22(13)16/h8-9,15-18H,5-7,10H2,1-4H3,(H,25,26). The highest BCUT2D eigenvalue weighted by atomic mass is 16.5. The summed E-state index contributed by atoms with van der Waals surface area (Å²) in [6.45, 7) is 7.09. The minimum absolute atomic E-state index is 0.0212. The average molecular weight is 373 g/mol. The van der Waals surface area contributed by atoms with Crippen LogP contribution in [0.25, 0.3) is 0 Å². The van der Waals surface area contributed by atoms with Crippen LogP contribution in [0.5, 0.6) is 0 Å². The van der Waals surface area contributed by atoms with Crippen molar-refractivity contribution in [2.24, 2.45) is 16.4 Å². The molecule has 0 saturated heterocycles. The summed E-state index contributed by atoms with van der Waals surface area (Å²) >= 11 is 0. The van der Waals surface area contributed by atoms with Crippen molar-refractivity contribution >= 4 is 11.7 Å². The van der Waals surface area contributed by atoms with Crippen molar-refractivity contribution < 1.29 is 14.6 Å². The summed E-state index contributed by atoms with van der Waals surface area (Å²) in [5.74, 6) is -1.06. The number of hydrogen-bond acceptors (Lipinski definition) is 5. The van der Waals surface area contributed by atoms with Gasteiger partial charge in [-0.2, -0.15) is 5.10 Å². The Morgan fingerprint density at radius 3 is 2.74 bits per heavy atom. The molecule has 4 rings (SSSR count). The fraction of sp³-hybridized carbons (Fsp3) is 0.650. The molecule has 0 aromatic carbocycles. The quantitative estimate of drug-likeness (QED) is 0.862. The van der Waals surface area contributed by atoms with Crippen LogP contribution in [-0.2, 0) is 4.74 Å². The van der Waals surface area contributed by atoms with Crippen LogP contribution in [0.15, 0.2) is 22.2 Å². The van der Waals surface area contributed by atoms with Crippen molar-refractivity contribution in [1.29, 1.82) is 0 Å². The number of fused-ring (bicyclic) bond motifs is 5. The molecule has 4 unspecified atom stereocenters. The Hall–Kier alpha value is -2.15. The molecule has 7 heteroatoms. The number of ether oxygens (including phenoxy) is 1. The Balaban J connectivity index is 1.90. The number of pyridine rings is 1. The third-order valence-electron chi connectivity index (χ3n) is 6.27. The molecule has 1 aliphatic carbocycles. The van der Waals surface area contributed by atoms with E-state index in [0.717, 1.165) is 30.7 Å². The fourth-order valence-electron chi connectivity index (χ4n) is 4.90. The number of carboxylic acid groups (broad SMARTS) is 1. The lowest BCUT2D eigenvalue weighted by Gasteiger charge is -2.46. The lowest BCUT2D eigenvalue weighted by molar-refractivity contribution is 0.0108. The molecule has 0 spiro atoms. The molecule has 1 N–H and O–H groups in total. The topological polar surface area (TPSA) is 84.1 Å². The SMILES string of the molecule is COC1CCCC2=NN3CC(C(C)(C)C)n4cc(C(=O)O)c(=O)cc4C3C21. The van der Waals surface area contributed by atoms with Gasteiger partial charge in [-0.3, -0.25) is 9.80 Å². The van der Waals surface area contributed by atoms with E-state index < -0.39 is 11.4 Å². The van der Waals surface area contributed by atoms with E-state index in [1.54, 1.807) is 7.11 Å². The Morgan fingerprint density at radius 2 is 2.11 bits per heavy atom. The third-order valence-corrected chi connectivity index (χ3v) is 6.27. The van der Waals surface area contributed by atoms with Crippen LogP contribution in [-0.4, -0.2) is 46.1 Å². The highest BCUT2D eigenvalue weighted by Gasteiger charge is 2.50. The van der Waals surface area contributed by atoms with Crippen LogP contribution in [0.2, 0.25) is 0 Å². The Morgan fingerprint density at radius 1 is 1.37 bits per heavy atom. The number of carbonyl (C=O) groups is 1. The molecule has 1 aromatic heterocycles. The predicted molar refractivity (Wildman–Crippen MR) is 101 cm³/mol. The van der Waals surface area contributed by atoms with E-state index in [9.17, 15) is 14.7 Å². The van der Waals surface area contributed by atoms with E-state index in [4.69, 9.17) is 9.84 Å². The van der Waals surface area contributed by atoms with Crippen LogP contribution < -0.4 is 5.43 Å². The van der Waals surface area contributed by atoms with Crippen molar-refractivity contribution in [2.75, 3.05) is 13.7 Å². The summed E-state index contributed by atoms with van der Waals surface area (Å²) in [4.78, 5) is 24.1. The first-order chi connectivity index (χ1) is 12.7. The second-order valence-corrected chi connectivity index (χ2v) is 8.92. The molecule has 1 aromatic rings. The smallest absolute Gasteiger partial charge is 0.341 e.